The van der Waals surface area contributed by atoms with E-state index in [-0.39, 0.29) is 17.8 Å². The molecule has 0 bridgehead atoms. The van der Waals surface area contributed by atoms with E-state index in [1.807, 2.05) is 0 Å². The fraction of sp³-hybridized carbons (Fsp3) is 0.857. The lowest BCUT2D eigenvalue weighted by Crippen LogP contribution is -2.66. The van der Waals surface area contributed by atoms with E-state index in [2.05, 4.69) is 15.3 Å². The van der Waals surface area contributed by atoms with Crippen LogP contribution in [0.15, 0.2) is 6.20 Å². The maximum Gasteiger partial charge on any atom is 0.421 e. The van der Waals surface area contributed by atoms with Gasteiger partial charge in [-0.2, -0.15) is 13.2 Å². The van der Waals surface area contributed by atoms with Crippen LogP contribution in [-0.2, 0) is 10.9 Å². The van der Waals surface area contributed by atoms with E-state index in [9.17, 15) is 28.5 Å². The predicted octanol–water partition coefficient (Wildman–Crippen LogP) is 5.22. The number of aromatic nitrogens is 2. The van der Waals surface area contributed by atoms with E-state index >= 15 is 0 Å². The van der Waals surface area contributed by atoms with Crippen molar-refractivity contribution in [2.45, 2.75) is 107 Å². The second-order valence-corrected chi connectivity index (χ2v) is 12.9. The Bertz CT molecular complexity index is 976. The molecule has 5 rings (SSSR count). The quantitative estimate of drug-likeness (QED) is 0.299. The summed E-state index contributed by atoms with van der Waals surface area (Å²) in [6.45, 7) is -0.683. The van der Waals surface area contributed by atoms with Gasteiger partial charge in [-0.05, 0) is 73.3 Å². The SMILES string of the molecule is OC[C@]1(C2CCC(CCC3CC(CC4CCCC4)C3)C2)OC[C@H](Nc2nc(Cl)ncc2C(F)(F)F)[C@@H](O)[C@H]1O. The van der Waals surface area contributed by atoms with Crippen molar-refractivity contribution in [1.82, 2.24) is 9.97 Å². The molecule has 4 N–H and O–H groups in total. The molecule has 1 aliphatic heterocycles. The Kier molecular flexibility index (Phi) is 8.98. The first-order chi connectivity index (χ1) is 18.6. The summed E-state index contributed by atoms with van der Waals surface area (Å²) in [6, 6.07) is -1.08. The van der Waals surface area contributed by atoms with Crippen LogP contribution < -0.4 is 5.32 Å². The van der Waals surface area contributed by atoms with Crippen LogP contribution in [0.5, 0.6) is 0 Å². The second-order valence-electron chi connectivity index (χ2n) is 12.6. The Morgan fingerprint density at radius 2 is 1.72 bits per heavy atom. The van der Waals surface area contributed by atoms with Crippen molar-refractivity contribution in [3.05, 3.63) is 17.0 Å². The maximum atomic E-state index is 13.4. The zero-order valence-corrected chi connectivity index (χ0v) is 23.0. The molecule has 0 aromatic carbocycles. The summed E-state index contributed by atoms with van der Waals surface area (Å²) in [5, 5.41) is 34.6. The molecule has 1 aromatic rings. The standard InChI is InChI=1S/C28H41ClF3N3O4/c29-26-33-13-21(28(30,31)32)25(35-26)34-22-14-39-27(15-36,24(38)23(22)37)20-8-7-17(12-20)5-6-18-10-19(11-18)9-16-3-1-2-4-16/h13,16-20,22-24,36-38H,1-12,14-15H2,(H,33,34,35)/t17?,18?,19?,20?,22-,23+,24+,27+/m0/s1. The number of rotatable bonds is 9. The third-order valence-electron chi connectivity index (χ3n) is 10.1. The third kappa shape index (κ3) is 6.35. The van der Waals surface area contributed by atoms with Gasteiger partial charge in [0.25, 0.3) is 0 Å². The fourth-order valence-corrected chi connectivity index (χ4v) is 7.95. The number of aliphatic hydroxyl groups excluding tert-OH is 3. The Balaban J connectivity index is 1.13. The molecule has 2 unspecified atom stereocenters. The first kappa shape index (κ1) is 29.3. The molecule has 6 atom stereocenters. The van der Waals surface area contributed by atoms with Gasteiger partial charge < -0.3 is 25.4 Å². The van der Waals surface area contributed by atoms with Crippen molar-refractivity contribution in [3.63, 3.8) is 0 Å². The number of anilines is 1. The summed E-state index contributed by atoms with van der Waals surface area (Å²) in [6.07, 6.45) is 7.50. The van der Waals surface area contributed by atoms with Gasteiger partial charge in [0.2, 0.25) is 5.28 Å². The lowest BCUT2D eigenvalue weighted by molar-refractivity contribution is -0.238. The molecule has 3 saturated carbocycles. The second kappa shape index (κ2) is 12.0. The minimum Gasteiger partial charge on any atom is -0.393 e. The zero-order valence-electron chi connectivity index (χ0n) is 22.3. The summed E-state index contributed by atoms with van der Waals surface area (Å²) in [7, 11) is 0. The van der Waals surface area contributed by atoms with Gasteiger partial charge >= 0.3 is 6.18 Å². The minimum absolute atomic E-state index is 0.145. The molecular weight excluding hydrogens is 535 g/mol. The number of aliphatic hydroxyl groups is 3. The minimum atomic E-state index is -4.74. The van der Waals surface area contributed by atoms with Crippen LogP contribution >= 0.6 is 11.6 Å². The molecule has 11 heteroatoms. The summed E-state index contributed by atoms with van der Waals surface area (Å²) in [5.74, 6) is 2.42. The van der Waals surface area contributed by atoms with Crippen LogP contribution in [0.3, 0.4) is 0 Å². The highest BCUT2D eigenvalue weighted by molar-refractivity contribution is 6.28. The molecular formula is C28H41ClF3N3O4. The summed E-state index contributed by atoms with van der Waals surface area (Å²) >= 11 is 5.71. The van der Waals surface area contributed by atoms with E-state index in [4.69, 9.17) is 16.3 Å². The molecule has 7 nitrogen and oxygen atoms in total. The van der Waals surface area contributed by atoms with E-state index in [1.165, 1.54) is 51.4 Å². The maximum absolute atomic E-state index is 13.4. The van der Waals surface area contributed by atoms with Crippen molar-refractivity contribution in [2.24, 2.45) is 29.6 Å². The van der Waals surface area contributed by atoms with Crippen molar-refractivity contribution < 1.29 is 33.2 Å². The number of halogens is 4. The fourth-order valence-electron chi connectivity index (χ4n) is 7.82. The number of ether oxygens (including phenoxy) is 1. The van der Waals surface area contributed by atoms with Crippen molar-refractivity contribution in [1.29, 1.82) is 0 Å². The van der Waals surface area contributed by atoms with Crippen LogP contribution in [0.2, 0.25) is 5.28 Å². The Hall–Kier alpha value is -1.20. The number of alkyl halides is 3. The molecule has 4 fully saturated rings. The molecule has 39 heavy (non-hydrogen) atoms. The normalized spacial score (nSPS) is 37.7. The number of hydrogen-bond donors (Lipinski definition) is 4. The van der Waals surface area contributed by atoms with Crippen LogP contribution in [0.4, 0.5) is 19.0 Å². The predicted molar refractivity (Wildman–Crippen MR) is 140 cm³/mol. The van der Waals surface area contributed by atoms with Crippen molar-refractivity contribution in [2.75, 3.05) is 18.5 Å². The van der Waals surface area contributed by atoms with Gasteiger partial charge in [0, 0.05) is 6.20 Å². The van der Waals surface area contributed by atoms with Gasteiger partial charge in [-0.1, -0.05) is 44.9 Å². The highest BCUT2D eigenvalue weighted by Gasteiger charge is 2.55. The van der Waals surface area contributed by atoms with Crippen LogP contribution in [0.25, 0.3) is 0 Å². The highest BCUT2D eigenvalue weighted by Crippen LogP contribution is 2.48. The Morgan fingerprint density at radius 1 is 1.00 bits per heavy atom. The Morgan fingerprint density at radius 3 is 2.41 bits per heavy atom. The summed E-state index contributed by atoms with van der Waals surface area (Å²) in [4.78, 5) is 7.05. The number of hydrogen-bond acceptors (Lipinski definition) is 7. The van der Waals surface area contributed by atoms with E-state index in [1.54, 1.807) is 0 Å². The van der Waals surface area contributed by atoms with Crippen molar-refractivity contribution in [3.8, 4) is 0 Å². The van der Waals surface area contributed by atoms with E-state index < -0.39 is 48.0 Å². The van der Waals surface area contributed by atoms with Gasteiger partial charge in [-0.25, -0.2) is 9.97 Å². The topological polar surface area (TPSA) is 108 Å². The Labute approximate surface area is 232 Å². The average molecular weight is 576 g/mol. The molecule has 1 saturated heterocycles. The van der Waals surface area contributed by atoms with Crippen LogP contribution in [0, 0.1) is 29.6 Å². The number of nitrogens with zero attached hydrogens (tertiary/aromatic N) is 2. The molecule has 4 aliphatic rings. The molecule has 0 amide bonds. The monoisotopic (exact) mass is 575 g/mol. The van der Waals surface area contributed by atoms with Gasteiger partial charge in [0.05, 0.1) is 19.3 Å². The van der Waals surface area contributed by atoms with E-state index in [0.717, 1.165) is 43.4 Å². The lowest BCUT2D eigenvalue weighted by atomic mass is 9.68. The smallest absolute Gasteiger partial charge is 0.393 e. The first-order valence-corrected chi connectivity index (χ1v) is 14.9. The van der Waals surface area contributed by atoms with Gasteiger partial charge in [-0.3, -0.25) is 0 Å². The molecule has 3 aliphatic carbocycles. The number of nitrogens with one attached hydrogen (secondary N) is 1. The largest absolute Gasteiger partial charge is 0.421 e. The van der Waals surface area contributed by atoms with Gasteiger partial charge in [-0.15, -0.1) is 0 Å². The van der Waals surface area contributed by atoms with E-state index in [0.29, 0.717) is 12.1 Å². The van der Waals surface area contributed by atoms with Gasteiger partial charge in [0.15, 0.2) is 0 Å². The molecule has 220 valence electrons. The molecule has 1 aromatic heterocycles. The van der Waals surface area contributed by atoms with Crippen LogP contribution in [-0.4, -0.2) is 62.4 Å². The van der Waals surface area contributed by atoms with Crippen molar-refractivity contribution >= 4 is 17.4 Å². The highest BCUT2D eigenvalue weighted by atomic mass is 35.5. The third-order valence-corrected chi connectivity index (χ3v) is 10.3. The molecule has 0 radical (unpaired) electrons. The lowest BCUT2D eigenvalue weighted by Gasteiger charge is -2.49. The zero-order chi connectivity index (χ0) is 27.8. The molecule has 0 spiro atoms. The molecule has 2 heterocycles. The first-order valence-electron chi connectivity index (χ1n) is 14.6. The summed E-state index contributed by atoms with van der Waals surface area (Å²) < 4.78 is 46.3. The van der Waals surface area contributed by atoms with Gasteiger partial charge in [0.1, 0.15) is 29.2 Å². The average Bonchev–Trinajstić information content (AvgIpc) is 3.56. The summed E-state index contributed by atoms with van der Waals surface area (Å²) in [5.41, 5.74) is -2.49. The van der Waals surface area contributed by atoms with Crippen LogP contribution in [0.1, 0.15) is 82.6 Å².